The molecule has 0 aliphatic carbocycles. The van der Waals surface area contributed by atoms with Gasteiger partial charge in [0.15, 0.2) is 5.82 Å². The fraction of sp³-hybridized carbons (Fsp3) is 0.360. The molecule has 1 aromatic heterocycles. The SMILES string of the molecule is CCCCCCOc1ccccc1N(C)c1nc(OCc2ccccc2)ncc1C(F)(F)F. The number of benzene rings is 2. The molecule has 0 saturated carbocycles. The van der Waals surface area contributed by atoms with Crippen molar-refractivity contribution in [3.05, 3.63) is 71.9 Å². The van der Waals surface area contributed by atoms with Crippen LogP contribution in [0.25, 0.3) is 0 Å². The lowest BCUT2D eigenvalue weighted by atomic mass is 10.2. The summed E-state index contributed by atoms with van der Waals surface area (Å²) in [5, 5.41) is 0. The summed E-state index contributed by atoms with van der Waals surface area (Å²) in [6.07, 6.45) is 0.283. The molecular weight excluding hydrogens is 431 g/mol. The predicted octanol–water partition coefficient (Wildman–Crippen LogP) is 6.80. The van der Waals surface area contributed by atoms with Gasteiger partial charge in [-0.2, -0.15) is 18.2 Å². The lowest BCUT2D eigenvalue weighted by Gasteiger charge is -2.24. The van der Waals surface area contributed by atoms with Crippen molar-refractivity contribution in [1.29, 1.82) is 0 Å². The van der Waals surface area contributed by atoms with Gasteiger partial charge in [0, 0.05) is 13.2 Å². The lowest BCUT2D eigenvalue weighted by Crippen LogP contribution is -2.20. The number of ether oxygens (including phenoxy) is 2. The van der Waals surface area contributed by atoms with Crippen molar-refractivity contribution in [3.63, 3.8) is 0 Å². The van der Waals surface area contributed by atoms with Gasteiger partial charge in [-0.15, -0.1) is 0 Å². The zero-order valence-electron chi connectivity index (χ0n) is 18.8. The van der Waals surface area contributed by atoms with E-state index in [1.54, 1.807) is 24.3 Å². The Morgan fingerprint density at radius 3 is 2.36 bits per heavy atom. The first-order chi connectivity index (χ1) is 15.9. The standard InChI is InChI=1S/C25H28F3N3O2/c1-3-4-5-11-16-32-22-15-10-9-14-21(22)31(2)23-20(25(26,27)28)17-29-24(30-23)33-18-19-12-7-6-8-13-19/h6-10,12-15,17H,3-5,11,16,18H2,1-2H3. The molecule has 3 rings (SSSR count). The van der Waals surface area contributed by atoms with Crippen LogP contribution in [0, 0.1) is 0 Å². The number of aromatic nitrogens is 2. The highest BCUT2D eigenvalue weighted by atomic mass is 19.4. The van der Waals surface area contributed by atoms with E-state index >= 15 is 0 Å². The van der Waals surface area contributed by atoms with Crippen LogP contribution in [-0.4, -0.2) is 23.6 Å². The Balaban J connectivity index is 1.85. The molecule has 0 amide bonds. The van der Waals surface area contributed by atoms with Gasteiger partial charge in [0.05, 0.1) is 12.3 Å². The Kier molecular flexibility index (Phi) is 8.52. The molecule has 2 aromatic carbocycles. The zero-order chi connectivity index (χ0) is 23.7. The van der Waals surface area contributed by atoms with Gasteiger partial charge >= 0.3 is 12.2 Å². The van der Waals surface area contributed by atoms with E-state index in [2.05, 4.69) is 16.9 Å². The molecule has 0 radical (unpaired) electrons. The van der Waals surface area contributed by atoms with Crippen LogP contribution in [0.3, 0.4) is 0 Å². The van der Waals surface area contributed by atoms with Crippen LogP contribution >= 0.6 is 0 Å². The normalized spacial score (nSPS) is 11.3. The first-order valence-corrected chi connectivity index (χ1v) is 11.0. The van der Waals surface area contributed by atoms with Crippen LogP contribution in [0.2, 0.25) is 0 Å². The molecule has 0 bridgehead atoms. The number of halogens is 3. The summed E-state index contributed by atoms with van der Waals surface area (Å²) in [7, 11) is 1.53. The van der Waals surface area contributed by atoms with Crippen molar-refractivity contribution >= 4 is 11.5 Å². The predicted molar refractivity (Wildman–Crippen MR) is 122 cm³/mol. The third kappa shape index (κ3) is 6.84. The number of nitrogens with zero attached hydrogens (tertiary/aromatic N) is 3. The Labute approximate surface area is 192 Å². The van der Waals surface area contributed by atoms with Gasteiger partial charge in [-0.3, -0.25) is 0 Å². The fourth-order valence-electron chi connectivity index (χ4n) is 3.29. The van der Waals surface area contributed by atoms with E-state index in [1.807, 2.05) is 30.3 Å². The highest BCUT2D eigenvalue weighted by Gasteiger charge is 2.37. The first-order valence-electron chi connectivity index (χ1n) is 11.0. The summed E-state index contributed by atoms with van der Waals surface area (Å²) in [6.45, 7) is 2.77. The largest absolute Gasteiger partial charge is 0.491 e. The molecule has 0 spiro atoms. The zero-order valence-corrected chi connectivity index (χ0v) is 18.8. The molecule has 0 unspecified atom stereocenters. The van der Waals surface area contributed by atoms with Crippen LogP contribution in [-0.2, 0) is 12.8 Å². The molecule has 0 fully saturated rings. The minimum Gasteiger partial charge on any atom is -0.491 e. The maximum Gasteiger partial charge on any atom is 0.421 e. The van der Waals surface area contributed by atoms with Gasteiger partial charge in [-0.25, -0.2) is 4.98 Å². The topological polar surface area (TPSA) is 47.5 Å². The molecule has 0 saturated heterocycles. The second-order valence-corrected chi connectivity index (χ2v) is 7.60. The number of alkyl halides is 3. The minimum atomic E-state index is -4.63. The van der Waals surface area contributed by atoms with Gasteiger partial charge in [-0.05, 0) is 24.1 Å². The van der Waals surface area contributed by atoms with Crippen molar-refractivity contribution in [3.8, 4) is 11.8 Å². The molecule has 0 aliphatic rings. The van der Waals surface area contributed by atoms with Gasteiger partial charge in [0.2, 0.25) is 0 Å². The lowest BCUT2D eigenvalue weighted by molar-refractivity contribution is -0.137. The van der Waals surface area contributed by atoms with Gasteiger partial charge < -0.3 is 14.4 Å². The number of anilines is 2. The van der Waals surface area contributed by atoms with Gasteiger partial charge in [0.1, 0.15) is 17.9 Å². The third-order valence-electron chi connectivity index (χ3n) is 5.06. The number of unbranched alkanes of at least 4 members (excludes halogenated alkanes) is 3. The summed E-state index contributed by atoms with van der Waals surface area (Å²) in [5.74, 6) is 0.192. The second-order valence-electron chi connectivity index (χ2n) is 7.60. The van der Waals surface area contributed by atoms with E-state index < -0.39 is 11.7 Å². The molecular formula is C25H28F3N3O2. The van der Waals surface area contributed by atoms with Crippen LogP contribution < -0.4 is 14.4 Å². The molecule has 1 heterocycles. The quantitative estimate of drug-likeness (QED) is 0.295. The molecule has 0 N–H and O–H groups in total. The second kappa shape index (κ2) is 11.5. The van der Waals surface area contributed by atoms with Crippen molar-refractivity contribution < 1.29 is 22.6 Å². The van der Waals surface area contributed by atoms with E-state index in [9.17, 15) is 13.2 Å². The smallest absolute Gasteiger partial charge is 0.421 e. The van der Waals surface area contributed by atoms with E-state index in [0.29, 0.717) is 18.0 Å². The molecule has 33 heavy (non-hydrogen) atoms. The average molecular weight is 460 g/mol. The molecule has 0 aliphatic heterocycles. The highest BCUT2D eigenvalue weighted by Crippen LogP contribution is 2.40. The molecule has 3 aromatic rings. The van der Waals surface area contributed by atoms with E-state index in [1.165, 1.54) is 11.9 Å². The Hall–Kier alpha value is -3.29. The van der Waals surface area contributed by atoms with Crippen LogP contribution in [0.15, 0.2) is 60.8 Å². The Morgan fingerprint density at radius 2 is 1.64 bits per heavy atom. The van der Waals surface area contributed by atoms with Crippen LogP contribution in [0.4, 0.5) is 24.7 Å². The summed E-state index contributed by atoms with van der Waals surface area (Å²) in [5.41, 5.74) is 0.388. The monoisotopic (exact) mass is 459 g/mol. The minimum absolute atomic E-state index is 0.133. The third-order valence-corrected chi connectivity index (χ3v) is 5.06. The Bertz CT molecular complexity index is 1010. The molecule has 8 heteroatoms. The number of para-hydroxylation sites is 2. The van der Waals surface area contributed by atoms with Crippen molar-refractivity contribution in [1.82, 2.24) is 9.97 Å². The average Bonchev–Trinajstić information content (AvgIpc) is 2.82. The Morgan fingerprint density at radius 1 is 0.909 bits per heavy atom. The molecule has 5 nitrogen and oxygen atoms in total. The van der Waals surface area contributed by atoms with Crippen LogP contribution in [0.1, 0.15) is 43.7 Å². The van der Waals surface area contributed by atoms with Gasteiger partial charge in [-0.1, -0.05) is 68.7 Å². The van der Waals surface area contributed by atoms with E-state index in [4.69, 9.17) is 9.47 Å². The number of hydrogen-bond acceptors (Lipinski definition) is 5. The van der Waals surface area contributed by atoms with E-state index in [0.717, 1.165) is 37.4 Å². The molecule has 176 valence electrons. The maximum atomic E-state index is 13.7. The summed E-state index contributed by atoms with van der Waals surface area (Å²) >= 11 is 0. The maximum absolute atomic E-state index is 13.7. The first kappa shape index (κ1) is 24.4. The van der Waals surface area contributed by atoms with E-state index in [-0.39, 0.29) is 18.4 Å². The fourth-order valence-corrected chi connectivity index (χ4v) is 3.29. The number of rotatable bonds is 11. The van der Waals surface area contributed by atoms with Crippen molar-refractivity contribution in [2.75, 3.05) is 18.6 Å². The number of hydrogen-bond donors (Lipinski definition) is 0. The van der Waals surface area contributed by atoms with Gasteiger partial charge in [0.25, 0.3) is 0 Å². The highest BCUT2D eigenvalue weighted by molar-refractivity contribution is 5.68. The van der Waals surface area contributed by atoms with Crippen molar-refractivity contribution in [2.24, 2.45) is 0 Å². The summed E-state index contributed by atoms with van der Waals surface area (Å²) in [6, 6.07) is 16.1. The van der Waals surface area contributed by atoms with Crippen LogP contribution in [0.5, 0.6) is 11.8 Å². The summed E-state index contributed by atoms with van der Waals surface area (Å²) < 4.78 is 52.7. The molecule has 0 atom stereocenters. The van der Waals surface area contributed by atoms with Crippen molar-refractivity contribution in [2.45, 2.75) is 45.4 Å². The summed E-state index contributed by atoms with van der Waals surface area (Å²) in [4.78, 5) is 9.26.